The van der Waals surface area contributed by atoms with Crippen molar-refractivity contribution in [1.82, 2.24) is 0 Å². The number of hydrogen-bond acceptors (Lipinski definition) is 5. The second-order valence-electron chi connectivity index (χ2n) is 8.42. The van der Waals surface area contributed by atoms with Crippen LogP contribution in [0.3, 0.4) is 0 Å². The van der Waals surface area contributed by atoms with E-state index in [0.29, 0.717) is 17.2 Å². The van der Waals surface area contributed by atoms with Crippen molar-refractivity contribution in [2.24, 2.45) is 5.10 Å². The first kappa shape index (κ1) is 23.5. The van der Waals surface area contributed by atoms with Gasteiger partial charge in [-0.1, -0.05) is 48.0 Å². The Morgan fingerprint density at radius 2 is 1.88 bits per heavy atom. The zero-order chi connectivity index (χ0) is 24.2. The molecule has 0 saturated heterocycles. The molecule has 2 N–H and O–H groups in total. The number of anilines is 1. The maximum absolute atomic E-state index is 11.2. The minimum atomic E-state index is -0.913. The average molecular weight is 474 g/mol. The molecule has 6 nitrogen and oxygen atoms in total. The Bertz CT molecular complexity index is 1300. The van der Waals surface area contributed by atoms with E-state index in [1.165, 1.54) is 5.56 Å². The second-order valence-corrected chi connectivity index (χ2v) is 8.82. The number of rotatable bonds is 7. The van der Waals surface area contributed by atoms with Crippen LogP contribution < -0.4 is 5.01 Å². The van der Waals surface area contributed by atoms with Gasteiger partial charge in [0.25, 0.3) is 0 Å². The normalized spacial score (nSPS) is 15.2. The molecule has 0 spiro atoms. The molecule has 1 heterocycles. The first-order chi connectivity index (χ1) is 16.4. The van der Waals surface area contributed by atoms with Gasteiger partial charge in [0, 0.05) is 17.0 Å². The van der Waals surface area contributed by atoms with Crippen LogP contribution in [0.5, 0.6) is 0 Å². The Labute approximate surface area is 203 Å². The Morgan fingerprint density at radius 1 is 1.15 bits per heavy atom. The number of aliphatic hydroxyl groups is 1. The van der Waals surface area contributed by atoms with E-state index in [1.54, 1.807) is 11.1 Å². The van der Waals surface area contributed by atoms with Crippen LogP contribution in [0.2, 0.25) is 5.02 Å². The predicted molar refractivity (Wildman–Crippen MR) is 133 cm³/mol. The molecule has 0 amide bonds. The molecule has 0 bridgehead atoms. The number of aliphatic carboxylic acids is 1. The van der Waals surface area contributed by atoms with E-state index in [-0.39, 0.29) is 19.1 Å². The van der Waals surface area contributed by atoms with Gasteiger partial charge in [0.2, 0.25) is 0 Å². The van der Waals surface area contributed by atoms with Gasteiger partial charge in [0.15, 0.2) is 0 Å². The van der Waals surface area contributed by atoms with Crippen LogP contribution in [0, 0.1) is 18.3 Å². The Morgan fingerprint density at radius 3 is 2.53 bits per heavy atom. The van der Waals surface area contributed by atoms with Crippen LogP contribution in [0.25, 0.3) is 11.1 Å². The summed E-state index contributed by atoms with van der Waals surface area (Å²) >= 11 is 6.39. The predicted octanol–water partition coefficient (Wildman–Crippen LogP) is 5.33. The number of hydrogen-bond donors (Lipinski definition) is 2. The van der Waals surface area contributed by atoms with Crippen molar-refractivity contribution in [1.29, 1.82) is 5.26 Å². The topological polar surface area (TPSA) is 96.9 Å². The second kappa shape index (κ2) is 10.1. The molecular weight excluding hydrogens is 450 g/mol. The maximum Gasteiger partial charge on any atom is 0.305 e. The quantitative estimate of drug-likeness (QED) is 0.483. The fraction of sp³-hybridized carbons (Fsp3) is 0.222. The van der Waals surface area contributed by atoms with Gasteiger partial charge in [-0.2, -0.15) is 10.4 Å². The highest BCUT2D eigenvalue weighted by Gasteiger charge is 2.29. The summed E-state index contributed by atoms with van der Waals surface area (Å²) in [6, 6.07) is 21.3. The van der Waals surface area contributed by atoms with Gasteiger partial charge in [-0.25, -0.2) is 0 Å². The number of nitrogens with zero attached hydrogens (tertiary/aromatic N) is 3. The molecule has 0 aromatic heterocycles. The molecule has 1 atom stereocenters. The SMILES string of the molecule is Cc1cc(-c2cc(CO)ccc2Cl)ccc1Cc1ccc(N2N=C(C#N)CC2CC(=O)O)cc1. The molecule has 4 rings (SSSR count). The van der Waals surface area contributed by atoms with Crippen molar-refractivity contribution >= 4 is 29.0 Å². The molecule has 1 aliphatic heterocycles. The van der Waals surface area contributed by atoms with Crippen LogP contribution in [0.4, 0.5) is 5.69 Å². The summed E-state index contributed by atoms with van der Waals surface area (Å²) in [7, 11) is 0. The standard InChI is InChI=1S/C27H24ClN3O3/c1-17-10-21(25-12-19(16-32)4-9-26(25)28)6-5-20(17)11-18-2-7-23(8-3-18)31-24(14-27(33)34)13-22(15-29)30-31/h2-10,12,24,32H,11,13-14,16H2,1H3,(H,33,34). The van der Waals surface area contributed by atoms with Crippen molar-refractivity contribution in [3.63, 3.8) is 0 Å². The number of aryl methyl sites for hydroxylation is 1. The monoisotopic (exact) mass is 473 g/mol. The van der Waals surface area contributed by atoms with Gasteiger partial charge >= 0.3 is 5.97 Å². The van der Waals surface area contributed by atoms with Gasteiger partial charge < -0.3 is 10.2 Å². The van der Waals surface area contributed by atoms with E-state index in [0.717, 1.165) is 39.9 Å². The van der Waals surface area contributed by atoms with Crippen LogP contribution in [-0.2, 0) is 17.8 Å². The molecule has 3 aromatic carbocycles. The average Bonchev–Trinajstić information content (AvgIpc) is 3.23. The number of carbonyl (C=O) groups is 1. The lowest BCUT2D eigenvalue weighted by atomic mass is 9.95. The van der Waals surface area contributed by atoms with E-state index in [4.69, 9.17) is 11.6 Å². The van der Waals surface area contributed by atoms with Crippen molar-refractivity contribution < 1.29 is 15.0 Å². The number of nitriles is 1. The van der Waals surface area contributed by atoms with Gasteiger partial charge in [-0.3, -0.25) is 9.80 Å². The fourth-order valence-corrected chi connectivity index (χ4v) is 4.43. The summed E-state index contributed by atoms with van der Waals surface area (Å²) in [5, 5.41) is 34.4. The van der Waals surface area contributed by atoms with Crippen molar-refractivity contribution in [2.75, 3.05) is 5.01 Å². The van der Waals surface area contributed by atoms with E-state index >= 15 is 0 Å². The first-order valence-corrected chi connectivity index (χ1v) is 11.3. The molecule has 34 heavy (non-hydrogen) atoms. The molecule has 0 radical (unpaired) electrons. The summed E-state index contributed by atoms with van der Waals surface area (Å²) in [6.07, 6.45) is 0.997. The molecule has 1 unspecified atom stereocenters. The third-order valence-electron chi connectivity index (χ3n) is 6.00. The highest BCUT2D eigenvalue weighted by Crippen LogP contribution is 2.31. The number of carboxylic acids is 1. The molecule has 172 valence electrons. The molecule has 0 aliphatic carbocycles. The number of aliphatic hydroxyl groups excluding tert-OH is 1. The number of halogens is 1. The lowest BCUT2D eigenvalue weighted by Gasteiger charge is -2.22. The summed E-state index contributed by atoms with van der Waals surface area (Å²) in [5.41, 5.74) is 7.25. The van der Waals surface area contributed by atoms with Gasteiger partial charge in [-0.05, 0) is 65.4 Å². The summed E-state index contributed by atoms with van der Waals surface area (Å²) in [4.78, 5) is 11.2. The van der Waals surface area contributed by atoms with Crippen LogP contribution in [0.15, 0.2) is 65.8 Å². The number of hydrazone groups is 1. The van der Waals surface area contributed by atoms with Crippen LogP contribution in [-0.4, -0.2) is 27.9 Å². The summed E-state index contributed by atoms with van der Waals surface area (Å²) < 4.78 is 0. The molecule has 0 saturated carbocycles. The third kappa shape index (κ3) is 5.12. The van der Waals surface area contributed by atoms with Gasteiger partial charge in [0.1, 0.15) is 11.8 Å². The highest BCUT2D eigenvalue weighted by atomic mass is 35.5. The summed E-state index contributed by atoms with van der Waals surface area (Å²) in [5.74, 6) is -0.913. The largest absolute Gasteiger partial charge is 0.481 e. The zero-order valence-corrected chi connectivity index (χ0v) is 19.5. The first-order valence-electron chi connectivity index (χ1n) is 10.9. The Hall–Kier alpha value is -3.66. The fourth-order valence-electron chi connectivity index (χ4n) is 4.20. The third-order valence-corrected chi connectivity index (χ3v) is 6.33. The minimum absolute atomic E-state index is 0.0329. The van der Waals surface area contributed by atoms with Crippen molar-refractivity contribution in [3.05, 3.63) is 87.9 Å². The van der Waals surface area contributed by atoms with Gasteiger partial charge in [0.05, 0.1) is 24.8 Å². The number of benzene rings is 3. The van der Waals surface area contributed by atoms with Gasteiger partial charge in [-0.15, -0.1) is 0 Å². The molecule has 7 heteroatoms. The molecule has 1 aliphatic rings. The smallest absolute Gasteiger partial charge is 0.305 e. The van der Waals surface area contributed by atoms with E-state index in [9.17, 15) is 20.3 Å². The van der Waals surface area contributed by atoms with Crippen molar-refractivity contribution in [3.8, 4) is 17.2 Å². The van der Waals surface area contributed by atoms with Crippen LogP contribution in [0.1, 0.15) is 35.1 Å². The van der Waals surface area contributed by atoms with E-state index in [1.807, 2.05) is 48.5 Å². The number of carboxylic acid groups (broad SMARTS) is 1. The summed E-state index contributed by atoms with van der Waals surface area (Å²) in [6.45, 7) is 2.03. The highest BCUT2D eigenvalue weighted by molar-refractivity contribution is 6.33. The lowest BCUT2D eigenvalue weighted by Crippen LogP contribution is -2.28. The minimum Gasteiger partial charge on any atom is -0.481 e. The molecule has 0 fully saturated rings. The Balaban J connectivity index is 1.52. The Kier molecular flexibility index (Phi) is 6.97. The molecular formula is C27H24ClN3O3. The van der Waals surface area contributed by atoms with E-state index in [2.05, 4.69) is 24.2 Å². The zero-order valence-electron chi connectivity index (χ0n) is 18.7. The van der Waals surface area contributed by atoms with E-state index < -0.39 is 5.97 Å². The van der Waals surface area contributed by atoms with Crippen molar-refractivity contribution in [2.45, 2.75) is 38.8 Å². The molecule has 3 aromatic rings. The lowest BCUT2D eigenvalue weighted by molar-refractivity contribution is -0.137. The maximum atomic E-state index is 11.2. The van der Waals surface area contributed by atoms with Crippen LogP contribution >= 0.6 is 11.6 Å².